The highest BCUT2D eigenvalue weighted by atomic mass is 16.5. The quantitative estimate of drug-likeness (QED) is 0.815. The molecule has 1 rings (SSSR count). The Hall–Kier alpha value is -1.35. The van der Waals surface area contributed by atoms with E-state index in [0.29, 0.717) is 13.0 Å². The lowest BCUT2D eigenvalue weighted by Crippen LogP contribution is -2.46. The molecule has 0 heterocycles. The van der Waals surface area contributed by atoms with Gasteiger partial charge in [0.15, 0.2) is 0 Å². The number of hydrogen-bond donors (Lipinski definition) is 1. The van der Waals surface area contributed by atoms with E-state index < -0.39 is 5.54 Å². The van der Waals surface area contributed by atoms with Crippen LogP contribution in [0.3, 0.4) is 0 Å². The van der Waals surface area contributed by atoms with Gasteiger partial charge in [0.1, 0.15) is 5.54 Å². The molecule has 1 atom stereocenters. The van der Waals surface area contributed by atoms with Crippen LogP contribution in [0.4, 0.5) is 0 Å². The second kappa shape index (κ2) is 5.32. The van der Waals surface area contributed by atoms with E-state index in [4.69, 9.17) is 10.5 Å². The number of benzene rings is 1. The fourth-order valence-electron chi connectivity index (χ4n) is 2.02. The van der Waals surface area contributed by atoms with Crippen LogP contribution in [-0.4, -0.2) is 12.6 Å². The lowest BCUT2D eigenvalue weighted by molar-refractivity contribution is -0.150. The van der Waals surface area contributed by atoms with Gasteiger partial charge in [-0.1, -0.05) is 30.7 Å². The fourth-order valence-corrected chi connectivity index (χ4v) is 2.02. The number of hydrogen-bond acceptors (Lipinski definition) is 3. The highest BCUT2D eigenvalue weighted by Crippen LogP contribution is 2.27. The zero-order valence-electron chi connectivity index (χ0n) is 11.0. The van der Waals surface area contributed by atoms with Crippen LogP contribution in [0.1, 0.15) is 37.0 Å². The molecule has 0 saturated heterocycles. The highest BCUT2D eigenvalue weighted by Gasteiger charge is 2.36. The number of carbonyl (C=O) groups is 1. The molecular formula is C14H21NO2. The molecule has 1 aromatic carbocycles. The lowest BCUT2D eigenvalue weighted by atomic mass is 9.85. The van der Waals surface area contributed by atoms with Crippen molar-refractivity contribution >= 4 is 5.97 Å². The molecule has 2 N–H and O–H groups in total. The van der Waals surface area contributed by atoms with Crippen molar-refractivity contribution in [3.63, 3.8) is 0 Å². The number of rotatable bonds is 4. The first-order valence-electron chi connectivity index (χ1n) is 5.99. The SMILES string of the molecule is CCOC(=O)C(N)(CC)c1ccc(C)cc1C. The normalized spacial score (nSPS) is 14.2. The van der Waals surface area contributed by atoms with Crippen molar-refractivity contribution in [1.82, 2.24) is 0 Å². The maximum Gasteiger partial charge on any atom is 0.330 e. The summed E-state index contributed by atoms with van der Waals surface area (Å²) >= 11 is 0. The van der Waals surface area contributed by atoms with Gasteiger partial charge in [0.05, 0.1) is 6.61 Å². The van der Waals surface area contributed by atoms with E-state index in [-0.39, 0.29) is 5.97 Å². The molecule has 3 nitrogen and oxygen atoms in total. The average molecular weight is 235 g/mol. The summed E-state index contributed by atoms with van der Waals surface area (Å²) in [5.41, 5.74) is 8.23. The standard InChI is InChI=1S/C14H21NO2/c1-5-14(15,13(16)17-6-2)12-8-7-10(3)9-11(12)4/h7-9H,5-6,15H2,1-4H3. The summed E-state index contributed by atoms with van der Waals surface area (Å²) in [4.78, 5) is 12.0. The average Bonchev–Trinajstić information content (AvgIpc) is 2.28. The van der Waals surface area contributed by atoms with Crippen LogP contribution >= 0.6 is 0 Å². The molecule has 17 heavy (non-hydrogen) atoms. The van der Waals surface area contributed by atoms with Gasteiger partial charge < -0.3 is 10.5 Å². The van der Waals surface area contributed by atoms with Crippen molar-refractivity contribution in [2.75, 3.05) is 6.61 Å². The van der Waals surface area contributed by atoms with Crippen molar-refractivity contribution in [2.45, 2.75) is 39.7 Å². The summed E-state index contributed by atoms with van der Waals surface area (Å²) in [6, 6.07) is 5.93. The summed E-state index contributed by atoms with van der Waals surface area (Å²) in [6.07, 6.45) is 0.524. The van der Waals surface area contributed by atoms with Gasteiger partial charge in [-0.25, -0.2) is 4.79 Å². The van der Waals surface area contributed by atoms with E-state index in [1.54, 1.807) is 6.92 Å². The molecule has 0 radical (unpaired) electrons. The Morgan fingerprint density at radius 1 is 1.35 bits per heavy atom. The summed E-state index contributed by atoms with van der Waals surface area (Å²) < 4.78 is 5.07. The third-order valence-electron chi connectivity index (χ3n) is 3.06. The molecule has 3 heteroatoms. The molecule has 0 saturated carbocycles. The molecule has 0 spiro atoms. The molecule has 0 fully saturated rings. The first-order chi connectivity index (χ1) is 7.95. The zero-order valence-corrected chi connectivity index (χ0v) is 11.0. The van der Waals surface area contributed by atoms with E-state index in [2.05, 4.69) is 0 Å². The molecule has 0 aliphatic heterocycles. The van der Waals surface area contributed by atoms with Gasteiger partial charge in [0.25, 0.3) is 0 Å². The summed E-state index contributed by atoms with van der Waals surface area (Å²) in [5.74, 6) is -0.352. The maximum absolute atomic E-state index is 12.0. The Bertz CT molecular complexity index is 415. The second-order valence-corrected chi connectivity index (χ2v) is 4.36. The first kappa shape index (κ1) is 13.7. The van der Waals surface area contributed by atoms with Crippen LogP contribution in [0, 0.1) is 13.8 Å². The van der Waals surface area contributed by atoms with Gasteiger partial charge in [0.2, 0.25) is 0 Å². The number of ether oxygens (including phenoxy) is 1. The molecule has 1 unspecified atom stereocenters. The Morgan fingerprint density at radius 2 is 2.00 bits per heavy atom. The number of carbonyl (C=O) groups excluding carboxylic acids is 1. The Kier molecular flexibility index (Phi) is 4.29. The highest BCUT2D eigenvalue weighted by molar-refractivity contribution is 5.82. The third kappa shape index (κ3) is 2.67. The van der Waals surface area contributed by atoms with E-state index in [9.17, 15) is 4.79 Å². The predicted octanol–water partition coefficient (Wildman–Crippen LogP) is 2.43. The summed E-state index contributed by atoms with van der Waals surface area (Å²) in [5, 5.41) is 0. The zero-order chi connectivity index (χ0) is 13.1. The predicted molar refractivity (Wildman–Crippen MR) is 68.7 cm³/mol. The molecule has 0 amide bonds. The topological polar surface area (TPSA) is 52.3 Å². The van der Waals surface area contributed by atoms with Gasteiger partial charge in [0, 0.05) is 0 Å². The second-order valence-electron chi connectivity index (χ2n) is 4.36. The van der Waals surface area contributed by atoms with Crippen molar-refractivity contribution in [3.8, 4) is 0 Å². The third-order valence-corrected chi connectivity index (χ3v) is 3.06. The largest absolute Gasteiger partial charge is 0.464 e. The van der Waals surface area contributed by atoms with Gasteiger partial charge in [-0.05, 0) is 38.3 Å². The van der Waals surface area contributed by atoms with Crippen LogP contribution in [0.15, 0.2) is 18.2 Å². The molecule has 0 aliphatic carbocycles. The van der Waals surface area contributed by atoms with Gasteiger partial charge in [-0.3, -0.25) is 0 Å². The minimum Gasteiger partial charge on any atom is -0.464 e. The van der Waals surface area contributed by atoms with E-state index >= 15 is 0 Å². The monoisotopic (exact) mass is 235 g/mol. The van der Waals surface area contributed by atoms with Crippen LogP contribution in [-0.2, 0) is 15.1 Å². The van der Waals surface area contributed by atoms with Crippen molar-refractivity contribution < 1.29 is 9.53 Å². The van der Waals surface area contributed by atoms with Crippen LogP contribution < -0.4 is 5.73 Å². The smallest absolute Gasteiger partial charge is 0.330 e. The minimum atomic E-state index is -1.03. The van der Waals surface area contributed by atoms with Gasteiger partial charge in [-0.2, -0.15) is 0 Å². The van der Waals surface area contributed by atoms with Gasteiger partial charge >= 0.3 is 5.97 Å². The Labute approximate surface area is 103 Å². The number of nitrogens with two attached hydrogens (primary N) is 1. The summed E-state index contributed by atoms with van der Waals surface area (Å²) in [7, 11) is 0. The molecule has 94 valence electrons. The van der Waals surface area contributed by atoms with Crippen LogP contribution in [0.2, 0.25) is 0 Å². The number of esters is 1. The van der Waals surface area contributed by atoms with E-state index in [0.717, 1.165) is 16.7 Å². The fraction of sp³-hybridized carbons (Fsp3) is 0.500. The first-order valence-corrected chi connectivity index (χ1v) is 5.99. The number of aryl methyl sites for hydroxylation is 2. The van der Waals surface area contributed by atoms with E-state index in [1.807, 2.05) is 39.0 Å². The van der Waals surface area contributed by atoms with Crippen LogP contribution in [0.5, 0.6) is 0 Å². The van der Waals surface area contributed by atoms with Crippen molar-refractivity contribution in [3.05, 3.63) is 34.9 Å². The maximum atomic E-state index is 12.0. The Balaban J connectivity index is 3.20. The van der Waals surface area contributed by atoms with Gasteiger partial charge in [-0.15, -0.1) is 0 Å². The van der Waals surface area contributed by atoms with Crippen molar-refractivity contribution in [2.24, 2.45) is 5.73 Å². The summed E-state index contributed by atoms with van der Waals surface area (Å²) in [6.45, 7) is 8.03. The lowest BCUT2D eigenvalue weighted by Gasteiger charge is -2.28. The molecule has 0 aromatic heterocycles. The van der Waals surface area contributed by atoms with Crippen LogP contribution in [0.25, 0.3) is 0 Å². The van der Waals surface area contributed by atoms with E-state index in [1.165, 1.54) is 0 Å². The minimum absolute atomic E-state index is 0.350. The molecule has 1 aromatic rings. The molecule has 0 aliphatic rings. The molecule has 0 bridgehead atoms. The van der Waals surface area contributed by atoms with Crippen molar-refractivity contribution in [1.29, 1.82) is 0 Å². The molecular weight excluding hydrogens is 214 g/mol. The Morgan fingerprint density at radius 3 is 2.47 bits per heavy atom.